The molecule has 1 heterocycles. The number of nitrogens with one attached hydrogen (secondary N) is 1. The molecule has 0 amide bonds. The van der Waals surface area contributed by atoms with Gasteiger partial charge in [-0.15, -0.1) is 0 Å². The molecular weight excluding hydrogens is 311 g/mol. The van der Waals surface area contributed by atoms with Gasteiger partial charge < -0.3 is 10.2 Å². The van der Waals surface area contributed by atoms with Gasteiger partial charge in [-0.2, -0.15) is 0 Å². The van der Waals surface area contributed by atoms with Crippen molar-refractivity contribution in [2.45, 2.75) is 6.42 Å². The van der Waals surface area contributed by atoms with Crippen molar-refractivity contribution in [3.8, 4) is 0 Å². The van der Waals surface area contributed by atoms with E-state index in [9.17, 15) is 0 Å². The smallest absolute Gasteiger partial charge is 0.177 e. The quantitative estimate of drug-likeness (QED) is 0.762. The van der Waals surface area contributed by atoms with E-state index in [4.69, 9.17) is 35.4 Å². The lowest BCUT2D eigenvalue weighted by molar-refractivity contribution is 1.03. The molecule has 0 bridgehead atoms. The average Bonchev–Trinajstić information content (AvgIpc) is 2.87. The third kappa shape index (κ3) is 2.62. The van der Waals surface area contributed by atoms with Crippen LogP contribution in [-0.4, -0.2) is 11.7 Å². The number of halogens is 2. The van der Waals surface area contributed by atoms with Gasteiger partial charge in [0.25, 0.3) is 0 Å². The number of fused-ring (bicyclic) bond motifs is 1. The van der Waals surface area contributed by atoms with Crippen molar-refractivity contribution in [3.63, 3.8) is 0 Å². The Balaban J connectivity index is 1.79. The molecule has 5 heteroatoms. The van der Waals surface area contributed by atoms with Crippen molar-refractivity contribution in [2.24, 2.45) is 0 Å². The van der Waals surface area contributed by atoms with Gasteiger partial charge in [-0.25, -0.2) is 0 Å². The third-order valence-corrected chi connectivity index (χ3v) is 4.36. The maximum Gasteiger partial charge on any atom is 0.177 e. The molecule has 2 aromatic carbocycles. The van der Waals surface area contributed by atoms with E-state index in [0.717, 1.165) is 18.7 Å². The van der Waals surface area contributed by atoms with Crippen LogP contribution in [-0.2, 0) is 6.42 Å². The first-order valence-corrected chi connectivity index (χ1v) is 7.43. The largest absolute Gasteiger partial charge is 0.332 e. The number of benzene rings is 2. The Labute approximate surface area is 133 Å². The van der Waals surface area contributed by atoms with Gasteiger partial charge in [0.1, 0.15) is 0 Å². The summed E-state index contributed by atoms with van der Waals surface area (Å²) in [6.45, 7) is 0.895. The molecule has 0 aromatic heterocycles. The first-order valence-electron chi connectivity index (χ1n) is 6.26. The Hall–Kier alpha value is -1.29. The number of thiocarbonyl (C=S) groups is 1. The molecule has 1 aliphatic rings. The van der Waals surface area contributed by atoms with Crippen LogP contribution in [0.25, 0.3) is 0 Å². The molecule has 2 aromatic rings. The number of rotatable bonds is 1. The van der Waals surface area contributed by atoms with Gasteiger partial charge in [-0.05, 0) is 48.5 Å². The van der Waals surface area contributed by atoms with Gasteiger partial charge in [0.05, 0.1) is 10.0 Å². The summed E-state index contributed by atoms with van der Waals surface area (Å²) >= 11 is 17.4. The molecule has 0 atom stereocenters. The highest BCUT2D eigenvalue weighted by atomic mass is 35.5. The number of para-hydroxylation sites is 1. The van der Waals surface area contributed by atoms with E-state index >= 15 is 0 Å². The van der Waals surface area contributed by atoms with Crippen LogP contribution in [0.15, 0.2) is 42.5 Å². The summed E-state index contributed by atoms with van der Waals surface area (Å²) in [5.41, 5.74) is 3.34. The highest BCUT2D eigenvalue weighted by molar-refractivity contribution is 7.80. The molecule has 0 spiro atoms. The fourth-order valence-electron chi connectivity index (χ4n) is 2.31. The Kier molecular flexibility index (Phi) is 3.83. The zero-order valence-electron chi connectivity index (χ0n) is 10.6. The molecule has 0 fully saturated rings. The second-order valence-corrected chi connectivity index (χ2v) is 5.79. The lowest BCUT2D eigenvalue weighted by Crippen LogP contribution is -2.33. The van der Waals surface area contributed by atoms with Gasteiger partial charge in [-0.1, -0.05) is 41.4 Å². The van der Waals surface area contributed by atoms with Gasteiger partial charge in [0, 0.05) is 17.9 Å². The van der Waals surface area contributed by atoms with Crippen LogP contribution in [0.4, 0.5) is 11.4 Å². The Morgan fingerprint density at radius 1 is 1.10 bits per heavy atom. The molecule has 0 aliphatic carbocycles. The van der Waals surface area contributed by atoms with E-state index < -0.39 is 0 Å². The zero-order valence-corrected chi connectivity index (χ0v) is 12.9. The first-order chi connectivity index (χ1) is 9.65. The van der Waals surface area contributed by atoms with E-state index in [0.29, 0.717) is 15.2 Å². The van der Waals surface area contributed by atoms with Crippen LogP contribution in [0.2, 0.25) is 10.0 Å². The molecular formula is C15H12Cl2N2S. The van der Waals surface area contributed by atoms with Gasteiger partial charge in [-0.3, -0.25) is 0 Å². The second-order valence-electron chi connectivity index (χ2n) is 4.59. The highest BCUT2D eigenvalue weighted by Crippen LogP contribution is 2.29. The van der Waals surface area contributed by atoms with Crippen LogP contribution >= 0.6 is 35.4 Å². The minimum Gasteiger partial charge on any atom is -0.332 e. The fourth-order valence-corrected chi connectivity index (χ4v) is 2.92. The summed E-state index contributed by atoms with van der Waals surface area (Å²) in [4.78, 5) is 2.10. The van der Waals surface area contributed by atoms with E-state index in [-0.39, 0.29) is 0 Å². The average molecular weight is 323 g/mol. The Bertz CT molecular complexity index is 673. The van der Waals surface area contributed by atoms with Crippen LogP contribution in [0.3, 0.4) is 0 Å². The highest BCUT2D eigenvalue weighted by Gasteiger charge is 2.21. The molecule has 0 unspecified atom stereocenters. The standard InChI is InChI=1S/C15H12Cl2N2S/c16-12-6-5-11(9-13(12)17)18-15(20)19-8-7-10-3-1-2-4-14(10)19/h1-6,9H,7-8H2,(H,18,20). The fraction of sp³-hybridized carbons (Fsp3) is 0.133. The normalized spacial score (nSPS) is 13.2. The van der Waals surface area contributed by atoms with Crippen LogP contribution < -0.4 is 10.2 Å². The number of hydrogen-bond donors (Lipinski definition) is 1. The van der Waals surface area contributed by atoms with Crippen molar-refractivity contribution >= 4 is 51.9 Å². The van der Waals surface area contributed by atoms with Crippen molar-refractivity contribution < 1.29 is 0 Å². The molecule has 0 radical (unpaired) electrons. The van der Waals surface area contributed by atoms with Gasteiger partial charge in [0.15, 0.2) is 5.11 Å². The van der Waals surface area contributed by atoms with Gasteiger partial charge >= 0.3 is 0 Å². The van der Waals surface area contributed by atoms with Crippen molar-refractivity contribution in [3.05, 3.63) is 58.1 Å². The summed E-state index contributed by atoms with van der Waals surface area (Å²) in [6, 6.07) is 13.7. The predicted molar refractivity (Wildman–Crippen MR) is 90.2 cm³/mol. The molecule has 102 valence electrons. The molecule has 3 rings (SSSR count). The minimum atomic E-state index is 0.515. The number of nitrogens with zero attached hydrogens (tertiary/aromatic N) is 1. The third-order valence-electron chi connectivity index (χ3n) is 3.30. The minimum absolute atomic E-state index is 0.515. The molecule has 2 nitrogen and oxygen atoms in total. The number of hydrogen-bond acceptors (Lipinski definition) is 1. The van der Waals surface area contributed by atoms with Gasteiger partial charge in [0.2, 0.25) is 0 Å². The molecule has 0 saturated heterocycles. The van der Waals surface area contributed by atoms with E-state index in [1.165, 1.54) is 11.3 Å². The van der Waals surface area contributed by atoms with Crippen molar-refractivity contribution in [2.75, 3.05) is 16.8 Å². The first kappa shape index (κ1) is 13.7. The predicted octanol–water partition coefficient (Wildman–Crippen LogP) is 4.75. The lowest BCUT2D eigenvalue weighted by Gasteiger charge is -2.21. The summed E-state index contributed by atoms with van der Waals surface area (Å²) < 4.78 is 0. The maximum absolute atomic E-state index is 6.01. The Morgan fingerprint density at radius 3 is 2.70 bits per heavy atom. The summed E-state index contributed by atoms with van der Waals surface area (Å²) in [5, 5.41) is 4.93. The van der Waals surface area contributed by atoms with E-state index in [2.05, 4.69) is 28.4 Å². The Morgan fingerprint density at radius 2 is 1.90 bits per heavy atom. The molecule has 0 saturated carbocycles. The topological polar surface area (TPSA) is 15.3 Å². The van der Waals surface area contributed by atoms with Crippen LogP contribution in [0.5, 0.6) is 0 Å². The summed E-state index contributed by atoms with van der Waals surface area (Å²) in [5.74, 6) is 0. The zero-order chi connectivity index (χ0) is 14.1. The summed E-state index contributed by atoms with van der Waals surface area (Å²) in [7, 11) is 0. The maximum atomic E-state index is 6.01. The van der Waals surface area contributed by atoms with E-state index in [1.807, 2.05) is 12.1 Å². The molecule has 20 heavy (non-hydrogen) atoms. The monoisotopic (exact) mass is 322 g/mol. The van der Waals surface area contributed by atoms with E-state index in [1.54, 1.807) is 12.1 Å². The van der Waals surface area contributed by atoms with Crippen molar-refractivity contribution in [1.29, 1.82) is 0 Å². The second kappa shape index (κ2) is 5.60. The molecule has 1 aliphatic heterocycles. The van der Waals surface area contributed by atoms with Crippen molar-refractivity contribution in [1.82, 2.24) is 0 Å². The lowest BCUT2D eigenvalue weighted by atomic mass is 10.2. The van der Waals surface area contributed by atoms with Crippen LogP contribution in [0, 0.1) is 0 Å². The SMILES string of the molecule is S=C(Nc1ccc(Cl)c(Cl)c1)N1CCc2ccccc21. The summed E-state index contributed by atoms with van der Waals surface area (Å²) in [6.07, 6.45) is 1.01. The van der Waals surface area contributed by atoms with Crippen LogP contribution in [0.1, 0.15) is 5.56 Å². The molecule has 1 N–H and O–H groups in total. The number of anilines is 2.